The van der Waals surface area contributed by atoms with Crippen LogP contribution in [0.15, 0.2) is 34.3 Å². The molecule has 3 rings (SSSR count). The maximum absolute atomic E-state index is 14.6. The summed E-state index contributed by atoms with van der Waals surface area (Å²) in [4.78, 5) is 21.9. The quantitative estimate of drug-likeness (QED) is 0.536. The molecule has 150 valence electrons. The van der Waals surface area contributed by atoms with Crippen LogP contribution in [-0.2, 0) is 0 Å². The molecule has 0 aliphatic carbocycles. The van der Waals surface area contributed by atoms with E-state index in [9.17, 15) is 9.18 Å². The number of aromatic nitrogens is 2. The van der Waals surface area contributed by atoms with Gasteiger partial charge in [0.15, 0.2) is 5.82 Å². The number of alkyl halides is 1. The molecule has 28 heavy (non-hydrogen) atoms. The van der Waals surface area contributed by atoms with E-state index in [4.69, 9.17) is 28.2 Å². The van der Waals surface area contributed by atoms with Crippen LogP contribution in [0, 0.1) is 0 Å². The molecule has 1 aromatic carbocycles. The van der Waals surface area contributed by atoms with E-state index in [0.29, 0.717) is 34.6 Å². The third kappa shape index (κ3) is 4.68. The molecule has 1 saturated heterocycles. The van der Waals surface area contributed by atoms with Crippen molar-refractivity contribution >= 4 is 46.8 Å². The van der Waals surface area contributed by atoms with Gasteiger partial charge in [-0.15, -0.1) is 0 Å². The van der Waals surface area contributed by atoms with Gasteiger partial charge in [-0.2, -0.15) is 0 Å². The summed E-state index contributed by atoms with van der Waals surface area (Å²) in [6.07, 6.45) is 0.722. The maximum Gasteiger partial charge on any atom is 0.404 e. The molecule has 2 aromatic rings. The second-order valence-corrected chi connectivity index (χ2v) is 7.89. The Labute approximate surface area is 170 Å². The molecule has 6 N–H and O–H groups in total. The zero-order valence-corrected chi connectivity index (χ0v) is 16.4. The van der Waals surface area contributed by atoms with Crippen LogP contribution in [0.1, 0.15) is 12.8 Å². The molecule has 0 radical (unpaired) electrons. The van der Waals surface area contributed by atoms with Crippen molar-refractivity contribution in [2.45, 2.75) is 28.4 Å². The fourth-order valence-electron chi connectivity index (χ4n) is 2.87. The predicted molar refractivity (Wildman–Crippen MR) is 108 cm³/mol. The lowest BCUT2D eigenvalue weighted by molar-refractivity contribution is 0.118. The topological polar surface area (TPSA) is 130 Å². The number of carbonyl (C=O) groups is 1. The van der Waals surface area contributed by atoms with Gasteiger partial charge in [-0.05, 0) is 12.1 Å². The van der Waals surface area contributed by atoms with Crippen molar-refractivity contribution in [3.05, 3.63) is 29.4 Å². The van der Waals surface area contributed by atoms with Gasteiger partial charge < -0.3 is 26.8 Å². The molecule has 2 heterocycles. The summed E-state index contributed by atoms with van der Waals surface area (Å²) >= 11 is 7.47. The van der Waals surface area contributed by atoms with Gasteiger partial charge in [0.05, 0.1) is 23.5 Å². The van der Waals surface area contributed by atoms with Crippen LogP contribution in [0.4, 0.5) is 26.5 Å². The highest BCUT2D eigenvalue weighted by atomic mass is 35.5. The van der Waals surface area contributed by atoms with Gasteiger partial charge in [-0.3, -0.25) is 0 Å². The van der Waals surface area contributed by atoms with Crippen LogP contribution in [0.2, 0.25) is 5.02 Å². The second kappa shape index (κ2) is 8.27. The smallest absolute Gasteiger partial charge is 0.404 e. The Morgan fingerprint density at radius 2 is 2.11 bits per heavy atom. The summed E-state index contributed by atoms with van der Waals surface area (Å²) in [5, 5.41) is 11.7. The van der Waals surface area contributed by atoms with E-state index in [1.807, 2.05) is 11.0 Å². The van der Waals surface area contributed by atoms with Crippen LogP contribution in [0.3, 0.4) is 0 Å². The van der Waals surface area contributed by atoms with Crippen LogP contribution in [0.5, 0.6) is 0 Å². The number of hydrogen-bond acceptors (Lipinski definition) is 7. The Morgan fingerprint density at radius 3 is 2.75 bits per heavy atom. The molecule has 0 unspecified atom stereocenters. The van der Waals surface area contributed by atoms with Crippen molar-refractivity contribution < 1.29 is 14.3 Å². The van der Waals surface area contributed by atoms with E-state index >= 15 is 0 Å². The first-order chi connectivity index (χ1) is 13.3. The first-order valence-corrected chi connectivity index (χ1v) is 9.72. The molecule has 1 aliphatic heterocycles. The predicted octanol–water partition coefficient (Wildman–Crippen LogP) is 3.02. The Hall–Kier alpha value is -2.46. The molecular formula is C17H20ClFN6O2S. The number of rotatable bonds is 5. The van der Waals surface area contributed by atoms with Crippen LogP contribution in [-0.4, -0.2) is 46.5 Å². The molecule has 1 fully saturated rings. The van der Waals surface area contributed by atoms with E-state index < -0.39 is 11.8 Å². The minimum atomic E-state index is -1.56. The van der Waals surface area contributed by atoms with Crippen molar-refractivity contribution in [2.24, 2.45) is 0 Å². The third-order valence-electron chi connectivity index (χ3n) is 4.49. The Balaban J connectivity index is 1.66. The normalized spacial score (nSPS) is 16.0. The zero-order chi connectivity index (χ0) is 20.3. The standard InChI is InChI=1S/C17H20ClFN6O2S/c18-13-10(20)2-1-3-11(13)28-15-14(21)24-12(8-22-15)25-6-4-17(19,5-7-25)9-23-16(26)27/h1-3,8,23H,4-7,9,20H2,(H2,21,24)(H,26,27). The van der Waals surface area contributed by atoms with Gasteiger partial charge in [0.2, 0.25) is 0 Å². The second-order valence-electron chi connectivity index (χ2n) is 6.48. The van der Waals surface area contributed by atoms with Crippen molar-refractivity contribution in [3.63, 3.8) is 0 Å². The number of nitrogens with one attached hydrogen (secondary N) is 1. The number of nitrogens with two attached hydrogens (primary N) is 2. The first-order valence-electron chi connectivity index (χ1n) is 8.52. The third-order valence-corrected chi connectivity index (χ3v) is 6.09. The summed E-state index contributed by atoms with van der Waals surface area (Å²) in [5.41, 5.74) is 10.8. The average Bonchev–Trinajstić information content (AvgIpc) is 2.66. The van der Waals surface area contributed by atoms with E-state index in [0.717, 1.165) is 4.90 Å². The molecule has 11 heteroatoms. The molecule has 0 saturated carbocycles. The molecule has 0 spiro atoms. The number of halogens is 2. The van der Waals surface area contributed by atoms with Crippen LogP contribution >= 0.6 is 23.4 Å². The molecular weight excluding hydrogens is 407 g/mol. The fourth-order valence-corrected chi connectivity index (χ4v) is 3.93. The molecule has 1 aliphatic rings. The zero-order valence-electron chi connectivity index (χ0n) is 14.9. The lowest BCUT2D eigenvalue weighted by atomic mass is 9.93. The van der Waals surface area contributed by atoms with Gasteiger partial charge >= 0.3 is 6.09 Å². The molecule has 0 atom stereocenters. The SMILES string of the molecule is Nc1cccc(Sc2ncc(N3CCC(F)(CNC(=O)O)CC3)nc2N)c1Cl. The number of benzene rings is 1. The van der Waals surface area contributed by atoms with Crippen molar-refractivity contribution in [1.29, 1.82) is 0 Å². The van der Waals surface area contributed by atoms with Crippen molar-refractivity contribution in [3.8, 4) is 0 Å². The van der Waals surface area contributed by atoms with E-state index in [1.165, 1.54) is 11.8 Å². The average molecular weight is 427 g/mol. The lowest BCUT2D eigenvalue weighted by Crippen LogP contribution is -2.48. The van der Waals surface area contributed by atoms with E-state index in [2.05, 4.69) is 15.3 Å². The highest BCUT2D eigenvalue weighted by Crippen LogP contribution is 2.37. The molecule has 1 aromatic heterocycles. The molecule has 1 amide bonds. The summed E-state index contributed by atoms with van der Waals surface area (Å²) in [7, 11) is 0. The van der Waals surface area contributed by atoms with Gasteiger partial charge in [-0.25, -0.2) is 19.2 Å². The number of piperidine rings is 1. The van der Waals surface area contributed by atoms with E-state index in [-0.39, 0.29) is 25.2 Å². The van der Waals surface area contributed by atoms with Gasteiger partial charge in [-0.1, -0.05) is 29.4 Å². The monoisotopic (exact) mass is 426 g/mol. The summed E-state index contributed by atoms with van der Waals surface area (Å²) in [6, 6.07) is 5.31. The first kappa shape index (κ1) is 20.3. The lowest BCUT2D eigenvalue weighted by Gasteiger charge is -2.36. The number of nitrogens with zero attached hydrogens (tertiary/aromatic N) is 3. The minimum absolute atomic E-state index is 0.185. The van der Waals surface area contributed by atoms with E-state index in [1.54, 1.807) is 18.3 Å². The molecule has 0 bridgehead atoms. The summed E-state index contributed by atoms with van der Waals surface area (Å²) in [5.74, 6) is 0.791. The number of hydrogen-bond donors (Lipinski definition) is 4. The Kier molecular flexibility index (Phi) is 5.99. The highest BCUT2D eigenvalue weighted by molar-refractivity contribution is 7.99. The highest BCUT2D eigenvalue weighted by Gasteiger charge is 2.35. The number of nitrogen functional groups attached to an aromatic ring is 2. The Morgan fingerprint density at radius 1 is 1.39 bits per heavy atom. The molecule has 8 nitrogen and oxygen atoms in total. The maximum atomic E-state index is 14.6. The van der Waals surface area contributed by atoms with Crippen molar-refractivity contribution in [2.75, 3.05) is 36.0 Å². The number of anilines is 3. The summed E-state index contributed by atoms with van der Waals surface area (Å²) < 4.78 is 14.6. The number of amides is 1. The van der Waals surface area contributed by atoms with Crippen LogP contribution in [0.25, 0.3) is 0 Å². The van der Waals surface area contributed by atoms with Crippen LogP contribution < -0.4 is 21.7 Å². The Bertz CT molecular complexity index is 879. The minimum Gasteiger partial charge on any atom is -0.465 e. The summed E-state index contributed by atoms with van der Waals surface area (Å²) in [6.45, 7) is 0.555. The fraction of sp³-hybridized carbons (Fsp3) is 0.353. The van der Waals surface area contributed by atoms with Gasteiger partial charge in [0.25, 0.3) is 0 Å². The van der Waals surface area contributed by atoms with Gasteiger partial charge in [0, 0.05) is 30.8 Å². The number of carboxylic acid groups (broad SMARTS) is 1. The van der Waals surface area contributed by atoms with Gasteiger partial charge in [0.1, 0.15) is 16.5 Å². The largest absolute Gasteiger partial charge is 0.465 e. The van der Waals surface area contributed by atoms with Crippen molar-refractivity contribution in [1.82, 2.24) is 15.3 Å².